The first kappa shape index (κ1) is 14.8. The molecule has 1 amide bonds. The van der Waals surface area contributed by atoms with Gasteiger partial charge < -0.3 is 15.8 Å². The number of nitrogens with zero attached hydrogens (tertiary/aromatic N) is 1. The normalized spacial score (nSPS) is 16.4. The maximum atomic E-state index is 12.0. The lowest BCUT2D eigenvalue weighted by atomic mass is 10.1. The molecule has 0 bridgehead atoms. The highest BCUT2D eigenvalue weighted by Crippen LogP contribution is 2.17. The van der Waals surface area contributed by atoms with Crippen molar-refractivity contribution in [1.29, 1.82) is 0 Å². The minimum Gasteiger partial charge on any atom is -0.398 e. The van der Waals surface area contributed by atoms with Gasteiger partial charge in [0.25, 0.3) is 0 Å². The van der Waals surface area contributed by atoms with Crippen LogP contribution in [0.3, 0.4) is 0 Å². The summed E-state index contributed by atoms with van der Waals surface area (Å²) in [5.74, 6) is -0.0118. The molecule has 0 spiro atoms. The third-order valence-corrected chi connectivity index (χ3v) is 3.77. The molecule has 1 heterocycles. The summed E-state index contributed by atoms with van der Waals surface area (Å²) >= 11 is 0. The standard InChI is InChI=1S/C15H23N3O2/c1-11-3-4-12(9-14(11)16)17-15(19)10-18(2)13-5-7-20-8-6-13/h3-4,9,13H,5-8,10,16H2,1-2H3,(H,17,19). The summed E-state index contributed by atoms with van der Waals surface area (Å²) in [7, 11) is 1.99. The molecule has 1 fully saturated rings. The van der Waals surface area contributed by atoms with Crippen LogP contribution < -0.4 is 11.1 Å². The van der Waals surface area contributed by atoms with E-state index in [1.807, 2.05) is 26.1 Å². The maximum absolute atomic E-state index is 12.0. The van der Waals surface area contributed by atoms with E-state index in [2.05, 4.69) is 10.2 Å². The van der Waals surface area contributed by atoms with Crippen molar-refractivity contribution in [3.8, 4) is 0 Å². The number of ether oxygens (including phenoxy) is 1. The summed E-state index contributed by atoms with van der Waals surface area (Å²) in [6.45, 7) is 3.90. The predicted octanol–water partition coefficient (Wildman–Crippen LogP) is 1.63. The number of nitrogens with one attached hydrogen (secondary N) is 1. The molecule has 0 atom stereocenters. The first-order valence-corrected chi connectivity index (χ1v) is 7.00. The van der Waals surface area contributed by atoms with E-state index in [4.69, 9.17) is 10.5 Å². The molecule has 5 nitrogen and oxygen atoms in total. The molecule has 0 saturated carbocycles. The topological polar surface area (TPSA) is 67.6 Å². The smallest absolute Gasteiger partial charge is 0.238 e. The molecule has 0 unspecified atom stereocenters. The van der Waals surface area contributed by atoms with Crippen molar-refractivity contribution in [2.24, 2.45) is 0 Å². The fourth-order valence-corrected chi connectivity index (χ4v) is 2.40. The minimum atomic E-state index is -0.0118. The molecular formula is C15H23N3O2. The van der Waals surface area contributed by atoms with Crippen LogP contribution in [0.1, 0.15) is 18.4 Å². The monoisotopic (exact) mass is 277 g/mol. The van der Waals surface area contributed by atoms with Gasteiger partial charge in [0.2, 0.25) is 5.91 Å². The number of benzene rings is 1. The third kappa shape index (κ3) is 3.95. The highest BCUT2D eigenvalue weighted by molar-refractivity contribution is 5.92. The number of rotatable bonds is 4. The van der Waals surface area contributed by atoms with Gasteiger partial charge in [-0.1, -0.05) is 6.07 Å². The number of nitrogens with two attached hydrogens (primary N) is 1. The van der Waals surface area contributed by atoms with Gasteiger partial charge in [-0.05, 0) is 44.5 Å². The van der Waals surface area contributed by atoms with Crippen molar-refractivity contribution in [2.75, 3.05) is 37.9 Å². The number of hydrogen-bond acceptors (Lipinski definition) is 4. The van der Waals surface area contributed by atoms with E-state index in [-0.39, 0.29) is 5.91 Å². The van der Waals surface area contributed by atoms with E-state index in [0.29, 0.717) is 18.3 Å². The van der Waals surface area contributed by atoms with Gasteiger partial charge in [-0.25, -0.2) is 0 Å². The summed E-state index contributed by atoms with van der Waals surface area (Å²) in [5, 5.41) is 2.89. The van der Waals surface area contributed by atoms with Crippen LogP contribution in [0.2, 0.25) is 0 Å². The largest absolute Gasteiger partial charge is 0.398 e. The molecule has 1 saturated heterocycles. The summed E-state index contributed by atoms with van der Waals surface area (Å²) in [6.07, 6.45) is 1.97. The maximum Gasteiger partial charge on any atom is 0.238 e. The van der Waals surface area contributed by atoms with E-state index >= 15 is 0 Å². The molecule has 0 aliphatic carbocycles. The summed E-state index contributed by atoms with van der Waals surface area (Å²) in [5.41, 5.74) is 8.30. The number of hydrogen-bond donors (Lipinski definition) is 2. The van der Waals surface area contributed by atoms with E-state index in [9.17, 15) is 4.79 Å². The molecule has 20 heavy (non-hydrogen) atoms. The lowest BCUT2D eigenvalue weighted by molar-refractivity contribution is -0.118. The first-order valence-electron chi connectivity index (χ1n) is 7.00. The average Bonchev–Trinajstić information content (AvgIpc) is 2.44. The highest BCUT2D eigenvalue weighted by Gasteiger charge is 2.20. The molecular weight excluding hydrogens is 254 g/mol. The van der Waals surface area contributed by atoms with Crippen LogP contribution >= 0.6 is 0 Å². The van der Waals surface area contributed by atoms with Crippen LogP contribution in [-0.2, 0) is 9.53 Å². The fourth-order valence-electron chi connectivity index (χ4n) is 2.40. The molecule has 0 radical (unpaired) electrons. The van der Waals surface area contributed by atoms with Crippen LogP contribution in [0.5, 0.6) is 0 Å². The summed E-state index contributed by atoms with van der Waals surface area (Å²) in [4.78, 5) is 14.1. The van der Waals surface area contributed by atoms with Crippen LogP contribution in [0.15, 0.2) is 18.2 Å². The third-order valence-electron chi connectivity index (χ3n) is 3.77. The Hall–Kier alpha value is -1.59. The molecule has 1 aromatic carbocycles. The van der Waals surface area contributed by atoms with Crippen LogP contribution in [0.25, 0.3) is 0 Å². The Labute approximate surface area is 120 Å². The van der Waals surface area contributed by atoms with Gasteiger partial charge in [0, 0.05) is 30.6 Å². The molecule has 1 aliphatic heterocycles. The van der Waals surface area contributed by atoms with E-state index in [1.165, 1.54) is 0 Å². The molecule has 0 aromatic heterocycles. The van der Waals surface area contributed by atoms with E-state index < -0.39 is 0 Å². The summed E-state index contributed by atoms with van der Waals surface area (Å²) in [6, 6.07) is 6.00. The van der Waals surface area contributed by atoms with Crippen molar-refractivity contribution >= 4 is 17.3 Å². The number of aryl methyl sites for hydroxylation is 1. The Kier molecular flexibility index (Phi) is 4.98. The van der Waals surface area contributed by atoms with Crippen LogP contribution in [-0.4, -0.2) is 43.7 Å². The van der Waals surface area contributed by atoms with E-state index in [0.717, 1.165) is 37.3 Å². The number of amides is 1. The quantitative estimate of drug-likeness (QED) is 0.821. The van der Waals surface area contributed by atoms with Gasteiger partial charge in [0.05, 0.1) is 6.54 Å². The molecule has 110 valence electrons. The fraction of sp³-hybridized carbons (Fsp3) is 0.533. The second-order valence-electron chi connectivity index (χ2n) is 5.38. The average molecular weight is 277 g/mol. The van der Waals surface area contributed by atoms with Crippen molar-refractivity contribution < 1.29 is 9.53 Å². The van der Waals surface area contributed by atoms with Crippen LogP contribution in [0.4, 0.5) is 11.4 Å². The zero-order valence-electron chi connectivity index (χ0n) is 12.2. The lowest BCUT2D eigenvalue weighted by Gasteiger charge is -2.30. The van der Waals surface area contributed by atoms with Crippen molar-refractivity contribution in [3.05, 3.63) is 23.8 Å². The van der Waals surface area contributed by atoms with Crippen molar-refractivity contribution in [2.45, 2.75) is 25.8 Å². The predicted molar refractivity (Wildman–Crippen MR) is 80.7 cm³/mol. The number of anilines is 2. The Bertz CT molecular complexity index is 470. The highest BCUT2D eigenvalue weighted by atomic mass is 16.5. The minimum absolute atomic E-state index is 0.0118. The van der Waals surface area contributed by atoms with Crippen molar-refractivity contribution in [3.63, 3.8) is 0 Å². The number of nitrogen functional groups attached to an aromatic ring is 1. The van der Waals surface area contributed by atoms with Gasteiger partial charge in [-0.15, -0.1) is 0 Å². The number of likely N-dealkylation sites (N-methyl/N-ethyl adjacent to an activating group) is 1. The molecule has 2 rings (SSSR count). The Morgan fingerprint density at radius 3 is 2.80 bits per heavy atom. The second-order valence-corrected chi connectivity index (χ2v) is 5.38. The van der Waals surface area contributed by atoms with Gasteiger partial charge in [0.1, 0.15) is 0 Å². The molecule has 5 heteroatoms. The molecule has 1 aliphatic rings. The van der Waals surface area contributed by atoms with E-state index in [1.54, 1.807) is 6.07 Å². The second kappa shape index (κ2) is 6.72. The van der Waals surface area contributed by atoms with Gasteiger partial charge in [-0.3, -0.25) is 9.69 Å². The lowest BCUT2D eigenvalue weighted by Crippen LogP contribution is -2.41. The first-order chi connectivity index (χ1) is 9.56. The summed E-state index contributed by atoms with van der Waals surface area (Å²) < 4.78 is 5.33. The zero-order chi connectivity index (χ0) is 14.5. The SMILES string of the molecule is Cc1ccc(NC(=O)CN(C)C2CCOCC2)cc1N. The van der Waals surface area contributed by atoms with Crippen molar-refractivity contribution in [1.82, 2.24) is 4.90 Å². The Morgan fingerprint density at radius 1 is 1.45 bits per heavy atom. The Balaban J connectivity index is 1.86. The Morgan fingerprint density at radius 2 is 2.15 bits per heavy atom. The van der Waals surface area contributed by atoms with Crippen LogP contribution in [0, 0.1) is 6.92 Å². The van der Waals surface area contributed by atoms with Gasteiger partial charge >= 0.3 is 0 Å². The number of carbonyl (C=O) groups excluding carboxylic acids is 1. The van der Waals surface area contributed by atoms with Gasteiger partial charge in [0.15, 0.2) is 0 Å². The number of carbonyl (C=O) groups is 1. The van der Waals surface area contributed by atoms with Gasteiger partial charge in [-0.2, -0.15) is 0 Å². The molecule has 1 aromatic rings. The zero-order valence-corrected chi connectivity index (χ0v) is 12.2. The molecule has 3 N–H and O–H groups in total.